The Hall–Kier alpha value is -2.12. The Labute approximate surface area is 192 Å². The van der Waals surface area contributed by atoms with Crippen LogP contribution in [0.5, 0.6) is 0 Å². The minimum atomic E-state index is -0.164. The van der Waals surface area contributed by atoms with Crippen LogP contribution in [-0.4, -0.2) is 43.9 Å². The number of likely N-dealkylation sites (tertiary alicyclic amines) is 1. The first kappa shape index (κ1) is 22.1. The molecule has 164 valence electrons. The van der Waals surface area contributed by atoms with Crippen molar-refractivity contribution in [3.8, 4) is 0 Å². The molecule has 0 aliphatic carbocycles. The molecule has 1 atom stereocenters. The number of thioether (sulfide) groups is 1. The first-order chi connectivity index (χ1) is 15.1. The predicted octanol–water partition coefficient (Wildman–Crippen LogP) is 4.91. The van der Waals surface area contributed by atoms with Crippen LogP contribution in [0.4, 0.5) is 0 Å². The molecule has 31 heavy (non-hydrogen) atoms. The number of hydrogen-bond acceptors (Lipinski definition) is 5. The maximum atomic E-state index is 13.0. The zero-order chi connectivity index (χ0) is 21.6. The number of carbonyl (C=O) groups is 1. The molecule has 0 N–H and O–H groups in total. The van der Waals surface area contributed by atoms with Gasteiger partial charge in [0.2, 0.25) is 5.91 Å². The predicted molar refractivity (Wildman–Crippen MR) is 128 cm³/mol. The van der Waals surface area contributed by atoms with Crippen molar-refractivity contribution in [2.45, 2.75) is 56.5 Å². The van der Waals surface area contributed by atoms with Crippen LogP contribution in [0.25, 0.3) is 0 Å². The second-order valence-electron chi connectivity index (χ2n) is 8.31. The molecule has 1 aromatic carbocycles. The monoisotopic (exact) mass is 454 g/mol. The van der Waals surface area contributed by atoms with Gasteiger partial charge in [-0.1, -0.05) is 55.1 Å². The highest BCUT2D eigenvalue weighted by Gasteiger charge is 2.27. The van der Waals surface area contributed by atoms with Gasteiger partial charge in [-0.05, 0) is 49.1 Å². The number of hydrogen-bond donors (Lipinski definition) is 0. The third-order valence-corrected chi connectivity index (χ3v) is 7.84. The lowest BCUT2D eigenvalue weighted by molar-refractivity contribution is -0.131. The second-order valence-corrected chi connectivity index (χ2v) is 10.7. The summed E-state index contributed by atoms with van der Waals surface area (Å²) in [5.41, 5.74) is 1.29. The summed E-state index contributed by atoms with van der Waals surface area (Å²) in [6.45, 7) is 6.82. The van der Waals surface area contributed by atoms with Crippen molar-refractivity contribution in [3.05, 3.63) is 64.1 Å². The van der Waals surface area contributed by atoms with Crippen LogP contribution in [0.2, 0.25) is 0 Å². The summed E-state index contributed by atoms with van der Waals surface area (Å²) in [5, 5.41) is 11.8. The Morgan fingerprint density at radius 2 is 1.94 bits per heavy atom. The van der Waals surface area contributed by atoms with Gasteiger partial charge in [-0.2, -0.15) is 0 Å². The van der Waals surface area contributed by atoms with Crippen molar-refractivity contribution in [2.24, 2.45) is 5.92 Å². The largest absolute Gasteiger partial charge is 0.342 e. The number of aryl methyl sites for hydroxylation is 1. The van der Waals surface area contributed by atoms with E-state index >= 15 is 0 Å². The molecule has 1 aliphatic heterocycles. The standard InChI is InChI=1S/C24H30N4OS2/c1-18-10-13-27(14-11-18)23(29)19(2)31-24-26-25-22(17-21-9-6-16-30-21)28(24)15-12-20-7-4-3-5-8-20/h3-9,16,18-19H,10-15,17H2,1-2H3. The summed E-state index contributed by atoms with van der Waals surface area (Å²) in [5.74, 6) is 1.90. The second kappa shape index (κ2) is 10.5. The first-order valence-corrected chi connectivity index (χ1v) is 12.8. The lowest BCUT2D eigenvalue weighted by Gasteiger charge is -2.32. The van der Waals surface area contributed by atoms with Gasteiger partial charge in [0, 0.05) is 30.9 Å². The number of piperidine rings is 1. The third kappa shape index (κ3) is 5.77. The smallest absolute Gasteiger partial charge is 0.235 e. The van der Waals surface area contributed by atoms with E-state index in [0.29, 0.717) is 5.92 Å². The molecule has 1 unspecified atom stereocenters. The number of benzene rings is 1. The number of rotatable bonds is 8. The topological polar surface area (TPSA) is 51.0 Å². The highest BCUT2D eigenvalue weighted by molar-refractivity contribution is 8.00. The molecule has 1 aliphatic rings. The van der Waals surface area contributed by atoms with Crippen LogP contribution < -0.4 is 0 Å². The van der Waals surface area contributed by atoms with Gasteiger partial charge in [0.25, 0.3) is 0 Å². The summed E-state index contributed by atoms with van der Waals surface area (Å²) < 4.78 is 2.21. The van der Waals surface area contributed by atoms with E-state index in [4.69, 9.17) is 0 Å². The Balaban J connectivity index is 1.48. The SMILES string of the molecule is CC1CCN(C(=O)C(C)Sc2nnc(Cc3cccs3)n2CCc2ccccc2)CC1. The average molecular weight is 455 g/mol. The molecular weight excluding hydrogens is 424 g/mol. The van der Waals surface area contributed by atoms with E-state index in [0.717, 1.165) is 56.3 Å². The lowest BCUT2D eigenvalue weighted by Crippen LogP contribution is -2.41. The number of nitrogens with zero attached hydrogens (tertiary/aromatic N) is 4. The van der Waals surface area contributed by atoms with E-state index in [2.05, 4.69) is 63.5 Å². The summed E-state index contributed by atoms with van der Waals surface area (Å²) >= 11 is 3.28. The van der Waals surface area contributed by atoms with Gasteiger partial charge in [0.1, 0.15) is 5.82 Å². The van der Waals surface area contributed by atoms with E-state index in [1.807, 2.05) is 17.9 Å². The van der Waals surface area contributed by atoms with E-state index in [9.17, 15) is 4.79 Å². The molecule has 7 heteroatoms. The van der Waals surface area contributed by atoms with Gasteiger partial charge in [-0.15, -0.1) is 21.5 Å². The van der Waals surface area contributed by atoms with Crippen molar-refractivity contribution in [2.75, 3.05) is 13.1 Å². The number of thiophene rings is 1. The Morgan fingerprint density at radius 3 is 2.65 bits per heavy atom. The average Bonchev–Trinajstić information content (AvgIpc) is 3.43. The molecule has 0 saturated carbocycles. The van der Waals surface area contributed by atoms with Crippen molar-refractivity contribution < 1.29 is 4.79 Å². The Kier molecular flexibility index (Phi) is 7.45. The molecule has 1 amide bonds. The van der Waals surface area contributed by atoms with E-state index in [1.165, 1.54) is 10.4 Å². The maximum absolute atomic E-state index is 13.0. The normalized spacial score (nSPS) is 15.9. The molecule has 0 spiro atoms. The molecule has 0 radical (unpaired) electrons. The molecule has 4 rings (SSSR count). The molecule has 1 saturated heterocycles. The summed E-state index contributed by atoms with van der Waals surface area (Å²) in [6.07, 6.45) is 3.88. The molecule has 3 heterocycles. The van der Waals surface area contributed by atoms with Gasteiger partial charge in [-0.3, -0.25) is 4.79 Å². The fraction of sp³-hybridized carbons (Fsp3) is 0.458. The van der Waals surface area contributed by atoms with Gasteiger partial charge in [0.15, 0.2) is 5.16 Å². The zero-order valence-electron chi connectivity index (χ0n) is 18.2. The van der Waals surface area contributed by atoms with Crippen molar-refractivity contribution in [1.29, 1.82) is 0 Å². The summed E-state index contributed by atoms with van der Waals surface area (Å²) in [4.78, 5) is 16.3. The van der Waals surface area contributed by atoms with Gasteiger partial charge in [-0.25, -0.2) is 0 Å². The zero-order valence-corrected chi connectivity index (χ0v) is 19.9. The summed E-state index contributed by atoms with van der Waals surface area (Å²) in [6, 6.07) is 14.7. The minimum absolute atomic E-state index is 0.164. The van der Waals surface area contributed by atoms with Gasteiger partial charge >= 0.3 is 0 Å². The highest BCUT2D eigenvalue weighted by atomic mass is 32.2. The molecular formula is C24H30N4OS2. The van der Waals surface area contributed by atoms with Gasteiger partial charge in [0.05, 0.1) is 5.25 Å². The molecule has 0 bridgehead atoms. The third-order valence-electron chi connectivity index (χ3n) is 5.90. The molecule has 3 aromatic rings. The van der Waals surface area contributed by atoms with Crippen LogP contribution in [0.1, 0.15) is 43.0 Å². The molecule has 2 aromatic heterocycles. The van der Waals surface area contributed by atoms with Crippen molar-refractivity contribution in [1.82, 2.24) is 19.7 Å². The van der Waals surface area contributed by atoms with Crippen molar-refractivity contribution in [3.63, 3.8) is 0 Å². The van der Waals surface area contributed by atoms with Gasteiger partial charge < -0.3 is 9.47 Å². The first-order valence-electron chi connectivity index (χ1n) is 11.0. The highest BCUT2D eigenvalue weighted by Crippen LogP contribution is 2.27. The van der Waals surface area contributed by atoms with E-state index < -0.39 is 0 Å². The fourth-order valence-corrected chi connectivity index (χ4v) is 5.59. The van der Waals surface area contributed by atoms with Crippen molar-refractivity contribution >= 4 is 29.0 Å². The van der Waals surface area contributed by atoms with Crippen LogP contribution in [0.3, 0.4) is 0 Å². The number of amides is 1. The lowest BCUT2D eigenvalue weighted by atomic mass is 9.99. The maximum Gasteiger partial charge on any atom is 0.235 e. The van der Waals surface area contributed by atoms with E-state index in [1.54, 1.807) is 23.1 Å². The molecule has 1 fully saturated rings. The fourth-order valence-electron chi connectivity index (χ4n) is 3.91. The Bertz CT molecular complexity index is 963. The van der Waals surface area contributed by atoms with Crippen LogP contribution in [0, 0.1) is 5.92 Å². The number of aromatic nitrogens is 3. The van der Waals surface area contributed by atoms with Crippen LogP contribution in [0.15, 0.2) is 53.0 Å². The quantitative estimate of drug-likeness (QED) is 0.454. The Morgan fingerprint density at radius 1 is 1.16 bits per heavy atom. The number of carbonyl (C=O) groups excluding carboxylic acids is 1. The van der Waals surface area contributed by atoms with Crippen LogP contribution in [-0.2, 0) is 24.2 Å². The van der Waals surface area contributed by atoms with E-state index in [-0.39, 0.29) is 11.2 Å². The molecule has 5 nitrogen and oxygen atoms in total. The van der Waals surface area contributed by atoms with Crippen LogP contribution >= 0.6 is 23.1 Å². The summed E-state index contributed by atoms with van der Waals surface area (Å²) in [7, 11) is 0. The minimum Gasteiger partial charge on any atom is -0.342 e.